The minimum Gasteiger partial charge on any atom is -0.465 e. The highest BCUT2D eigenvalue weighted by atomic mass is 16.6. The van der Waals surface area contributed by atoms with E-state index in [1.54, 1.807) is 6.07 Å². The van der Waals surface area contributed by atoms with E-state index in [9.17, 15) is 20.0 Å². The zero-order valence-corrected chi connectivity index (χ0v) is 14.5. The number of nitrogens with zero attached hydrogens (tertiary/aromatic N) is 4. The van der Waals surface area contributed by atoms with Gasteiger partial charge in [0.25, 0.3) is 0 Å². The summed E-state index contributed by atoms with van der Waals surface area (Å²) in [5.41, 5.74) is -0.0996. The second kappa shape index (κ2) is 6.62. The number of aromatic nitrogens is 1. The van der Waals surface area contributed by atoms with Crippen molar-refractivity contribution in [3.8, 4) is 0 Å². The lowest BCUT2D eigenvalue weighted by atomic mass is 9.91. The van der Waals surface area contributed by atoms with Crippen molar-refractivity contribution in [2.45, 2.75) is 45.7 Å². The lowest BCUT2D eigenvalue weighted by Gasteiger charge is -2.46. The Hall–Kier alpha value is -2.38. The van der Waals surface area contributed by atoms with E-state index >= 15 is 0 Å². The fourth-order valence-electron chi connectivity index (χ4n) is 3.48. The highest BCUT2D eigenvalue weighted by molar-refractivity contribution is 5.67. The van der Waals surface area contributed by atoms with E-state index in [-0.39, 0.29) is 17.6 Å². The van der Waals surface area contributed by atoms with Gasteiger partial charge < -0.3 is 10.0 Å². The molecule has 1 aromatic rings. The largest absolute Gasteiger partial charge is 0.465 e. The van der Waals surface area contributed by atoms with Crippen LogP contribution in [0.1, 0.15) is 34.1 Å². The first-order valence-corrected chi connectivity index (χ1v) is 7.97. The second-order valence-corrected chi connectivity index (χ2v) is 7.34. The predicted octanol–water partition coefficient (Wildman–Crippen LogP) is 2.98. The molecule has 1 aliphatic heterocycles. The Kier molecular flexibility index (Phi) is 4.96. The summed E-state index contributed by atoms with van der Waals surface area (Å²) in [6.07, 6.45) is 2.53. The summed E-state index contributed by atoms with van der Waals surface area (Å²) < 4.78 is 0. The van der Waals surface area contributed by atoms with Gasteiger partial charge in [-0.25, -0.2) is 4.79 Å². The van der Waals surface area contributed by atoms with Crippen molar-refractivity contribution in [2.75, 3.05) is 18.0 Å². The van der Waals surface area contributed by atoms with Gasteiger partial charge in [0.2, 0.25) is 0 Å². The van der Waals surface area contributed by atoms with Gasteiger partial charge in [-0.15, -0.1) is 0 Å². The summed E-state index contributed by atoms with van der Waals surface area (Å²) in [6.45, 7) is 8.70. The molecule has 8 heteroatoms. The molecular formula is C16H24N4O4. The van der Waals surface area contributed by atoms with E-state index < -0.39 is 16.6 Å². The van der Waals surface area contributed by atoms with E-state index in [1.807, 2.05) is 32.6 Å². The number of nitro groups is 1. The zero-order valence-electron chi connectivity index (χ0n) is 14.5. The molecule has 0 aromatic carbocycles. The normalized spacial score (nSPS) is 21.4. The summed E-state index contributed by atoms with van der Waals surface area (Å²) >= 11 is 0. The lowest BCUT2D eigenvalue weighted by Crippen LogP contribution is -2.58. The Morgan fingerprint density at radius 2 is 2.12 bits per heavy atom. The number of hydrogen-bond donors (Lipinski definition) is 1. The van der Waals surface area contributed by atoms with Crippen LogP contribution >= 0.6 is 0 Å². The van der Waals surface area contributed by atoms with Crippen molar-refractivity contribution < 1.29 is 14.8 Å². The Labute approximate surface area is 141 Å². The lowest BCUT2D eigenvalue weighted by molar-refractivity contribution is -0.384. The van der Waals surface area contributed by atoms with Gasteiger partial charge in [-0.3, -0.25) is 20.0 Å². The van der Waals surface area contributed by atoms with Gasteiger partial charge in [0.05, 0.1) is 11.0 Å². The van der Waals surface area contributed by atoms with Crippen LogP contribution in [0.15, 0.2) is 18.5 Å². The van der Waals surface area contributed by atoms with Crippen LogP contribution in [-0.2, 0) is 0 Å². The van der Waals surface area contributed by atoms with Crippen LogP contribution < -0.4 is 4.90 Å². The van der Waals surface area contributed by atoms with E-state index in [1.165, 1.54) is 17.3 Å². The molecule has 1 N–H and O–H groups in total. The van der Waals surface area contributed by atoms with Gasteiger partial charge in [0.1, 0.15) is 11.9 Å². The number of carbonyl (C=O) groups is 1. The molecule has 2 unspecified atom stereocenters. The van der Waals surface area contributed by atoms with Crippen LogP contribution in [0.2, 0.25) is 0 Å². The van der Waals surface area contributed by atoms with Gasteiger partial charge in [0, 0.05) is 24.8 Å². The van der Waals surface area contributed by atoms with Gasteiger partial charge >= 0.3 is 11.8 Å². The maximum atomic E-state index is 11.8. The first kappa shape index (κ1) is 18.0. The van der Waals surface area contributed by atoms with Gasteiger partial charge in [-0.1, -0.05) is 6.92 Å². The van der Waals surface area contributed by atoms with Crippen LogP contribution in [-0.4, -0.2) is 50.7 Å². The van der Waals surface area contributed by atoms with Crippen LogP contribution in [0.25, 0.3) is 0 Å². The Bertz CT molecular complexity index is 629. The molecule has 0 radical (unpaired) electrons. The standard InChI is InChI=1S/C16H24N4O4/c1-11-7-12(19(15(21)22)16(2,3)4)10-18(9-11)13-5-6-17-8-14(13)20(23)24/h5-6,8,11-12H,7,9-10H2,1-4H3,(H,21,22). The molecule has 0 bridgehead atoms. The van der Waals surface area contributed by atoms with Crippen LogP contribution in [0.3, 0.4) is 0 Å². The van der Waals surface area contributed by atoms with Crippen molar-refractivity contribution in [2.24, 2.45) is 5.92 Å². The molecule has 2 heterocycles. The highest BCUT2D eigenvalue weighted by Gasteiger charge is 2.38. The van der Waals surface area contributed by atoms with Gasteiger partial charge in [0.15, 0.2) is 0 Å². The van der Waals surface area contributed by atoms with Crippen molar-refractivity contribution in [1.82, 2.24) is 9.88 Å². The third-order valence-electron chi connectivity index (χ3n) is 4.25. The average molecular weight is 336 g/mol. The Morgan fingerprint density at radius 1 is 1.46 bits per heavy atom. The summed E-state index contributed by atoms with van der Waals surface area (Å²) in [6, 6.07) is 1.40. The van der Waals surface area contributed by atoms with E-state index in [0.29, 0.717) is 18.8 Å². The molecule has 1 fully saturated rings. The second-order valence-electron chi connectivity index (χ2n) is 7.34. The quantitative estimate of drug-likeness (QED) is 0.673. The molecule has 24 heavy (non-hydrogen) atoms. The minimum absolute atomic E-state index is 0.0528. The van der Waals surface area contributed by atoms with Gasteiger partial charge in [-0.2, -0.15) is 0 Å². The van der Waals surface area contributed by atoms with E-state index in [0.717, 1.165) is 6.42 Å². The molecular weight excluding hydrogens is 312 g/mol. The molecule has 1 saturated heterocycles. The van der Waals surface area contributed by atoms with Crippen molar-refractivity contribution in [1.29, 1.82) is 0 Å². The third-order valence-corrected chi connectivity index (χ3v) is 4.25. The van der Waals surface area contributed by atoms with Crippen molar-refractivity contribution >= 4 is 17.5 Å². The summed E-state index contributed by atoms with van der Waals surface area (Å²) in [5, 5.41) is 20.9. The molecule has 1 aliphatic rings. The molecule has 0 aliphatic carbocycles. The molecule has 8 nitrogen and oxygen atoms in total. The number of piperidine rings is 1. The molecule has 2 rings (SSSR count). The molecule has 2 atom stereocenters. The van der Waals surface area contributed by atoms with E-state index in [2.05, 4.69) is 4.98 Å². The Morgan fingerprint density at radius 3 is 2.67 bits per heavy atom. The monoisotopic (exact) mass is 336 g/mol. The number of rotatable bonds is 3. The first-order valence-electron chi connectivity index (χ1n) is 7.97. The fraction of sp³-hybridized carbons (Fsp3) is 0.625. The topological polar surface area (TPSA) is 99.8 Å². The predicted molar refractivity (Wildman–Crippen MR) is 90.3 cm³/mol. The summed E-state index contributed by atoms with van der Waals surface area (Å²) in [7, 11) is 0. The maximum Gasteiger partial charge on any atom is 0.408 e. The number of amides is 1. The SMILES string of the molecule is CC1CC(N(C(=O)O)C(C)(C)C)CN(c2ccncc2[N+](=O)[O-])C1. The average Bonchev–Trinajstić information content (AvgIpc) is 2.44. The summed E-state index contributed by atoms with van der Waals surface area (Å²) in [5.74, 6) is 0.223. The minimum atomic E-state index is -0.967. The Balaban J connectivity index is 2.35. The maximum absolute atomic E-state index is 11.8. The van der Waals surface area contributed by atoms with Crippen LogP contribution in [0, 0.1) is 16.0 Å². The van der Waals surface area contributed by atoms with E-state index in [4.69, 9.17) is 0 Å². The molecule has 0 spiro atoms. The van der Waals surface area contributed by atoms with Crippen molar-refractivity contribution in [3.63, 3.8) is 0 Å². The van der Waals surface area contributed by atoms with Crippen molar-refractivity contribution in [3.05, 3.63) is 28.6 Å². The number of anilines is 1. The summed E-state index contributed by atoms with van der Waals surface area (Å²) in [4.78, 5) is 29.8. The zero-order chi connectivity index (χ0) is 18.1. The van der Waals surface area contributed by atoms with Crippen LogP contribution in [0.5, 0.6) is 0 Å². The van der Waals surface area contributed by atoms with Crippen LogP contribution in [0.4, 0.5) is 16.2 Å². The smallest absolute Gasteiger partial charge is 0.408 e. The molecule has 0 saturated carbocycles. The highest BCUT2D eigenvalue weighted by Crippen LogP contribution is 2.33. The molecule has 1 amide bonds. The van der Waals surface area contributed by atoms with Gasteiger partial charge in [-0.05, 0) is 39.2 Å². The number of pyridine rings is 1. The molecule has 1 aromatic heterocycles. The molecule has 132 valence electrons. The number of carboxylic acid groups (broad SMARTS) is 1. The third kappa shape index (κ3) is 3.74. The fourth-order valence-corrected chi connectivity index (χ4v) is 3.48. The number of hydrogen-bond acceptors (Lipinski definition) is 5. The first-order chi connectivity index (χ1) is 11.1.